The monoisotopic (exact) mass is 392 g/mol. The van der Waals surface area contributed by atoms with E-state index in [-0.39, 0.29) is 12.5 Å². The fourth-order valence-electron chi connectivity index (χ4n) is 2.76. The minimum absolute atomic E-state index is 0.131. The summed E-state index contributed by atoms with van der Waals surface area (Å²) >= 11 is 17.2. The lowest BCUT2D eigenvalue weighted by Gasteiger charge is -2.32. The second kappa shape index (κ2) is 7.44. The van der Waals surface area contributed by atoms with E-state index in [9.17, 15) is 9.90 Å². The van der Waals surface area contributed by atoms with Crippen molar-refractivity contribution in [1.82, 2.24) is 10.6 Å². The van der Waals surface area contributed by atoms with Gasteiger partial charge in [0.1, 0.15) is 0 Å². The number of rotatable bonds is 4. The second-order valence-electron chi connectivity index (χ2n) is 5.56. The van der Waals surface area contributed by atoms with Gasteiger partial charge in [0.2, 0.25) is 0 Å². The van der Waals surface area contributed by atoms with Crippen LogP contribution >= 0.6 is 35.4 Å². The van der Waals surface area contributed by atoms with Crippen molar-refractivity contribution in [2.75, 3.05) is 0 Å². The van der Waals surface area contributed by atoms with Gasteiger partial charge in [-0.2, -0.15) is 0 Å². The number of hydrogen-bond donors (Lipinski definition) is 3. The van der Waals surface area contributed by atoms with Crippen molar-refractivity contribution >= 4 is 52.2 Å². The number of aliphatic carboxylic acids is 1. The highest BCUT2D eigenvalue weighted by Gasteiger charge is 2.28. The van der Waals surface area contributed by atoms with E-state index in [0.717, 1.165) is 11.1 Å². The number of halogens is 2. The lowest BCUT2D eigenvalue weighted by atomic mass is 9.91. The lowest BCUT2D eigenvalue weighted by Crippen LogP contribution is -2.43. The number of carboxylic acids is 1. The van der Waals surface area contributed by atoms with Gasteiger partial charge < -0.3 is 15.7 Å². The predicted octanol–water partition coefficient (Wildman–Crippen LogP) is 4.40. The van der Waals surface area contributed by atoms with Crippen molar-refractivity contribution in [3.63, 3.8) is 0 Å². The molecule has 1 aliphatic rings. The van der Waals surface area contributed by atoms with E-state index in [1.165, 1.54) is 0 Å². The van der Waals surface area contributed by atoms with Crippen LogP contribution in [-0.2, 0) is 4.79 Å². The summed E-state index contributed by atoms with van der Waals surface area (Å²) in [6.45, 7) is 0. The summed E-state index contributed by atoms with van der Waals surface area (Å²) < 4.78 is 0. The number of hydrogen-bond acceptors (Lipinski definition) is 2. The largest absolute Gasteiger partial charge is 0.481 e. The van der Waals surface area contributed by atoms with E-state index in [1.54, 1.807) is 24.3 Å². The van der Waals surface area contributed by atoms with Crippen LogP contribution in [0.25, 0.3) is 5.70 Å². The van der Waals surface area contributed by atoms with Crippen LogP contribution in [-0.4, -0.2) is 16.2 Å². The Balaban J connectivity index is 2.13. The van der Waals surface area contributed by atoms with E-state index in [2.05, 4.69) is 10.6 Å². The number of nitrogens with one attached hydrogen (secondary N) is 2. The molecular weight excluding hydrogens is 379 g/mol. The zero-order valence-corrected chi connectivity index (χ0v) is 15.3. The quantitative estimate of drug-likeness (QED) is 0.673. The van der Waals surface area contributed by atoms with Crippen molar-refractivity contribution in [3.8, 4) is 0 Å². The molecule has 1 atom stereocenters. The molecule has 1 unspecified atom stereocenters. The van der Waals surface area contributed by atoms with Gasteiger partial charge in [0.05, 0.1) is 12.5 Å². The first-order valence-corrected chi connectivity index (χ1v) is 8.64. The minimum Gasteiger partial charge on any atom is -0.481 e. The third kappa shape index (κ3) is 4.12. The molecule has 0 aliphatic carbocycles. The summed E-state index contributed by atoms with van der Waals surface area (Å²) in [5.41, 5.74) is 3.08. The molecule has 0 fully saturated rings. The summed E-state index contributed by atoms with van der Waals surface area (Å²) in [7, 11) is 0. The Bertz CT molecular complexity index is 848. The van der Waals surface area contributed by atoms with E-state index in [4.69, 9.17) is 35.4 Å². The Hall–Kier alpha value is -2.08. The van der Waals surface area contributed by atoms with Crippen molar-refractivity contribution in [1.29, 1.82) is 0 Å². The van der Waals surface area contributed by atoms with Crippen LogP contribution in [0.5, 0.6) is 0 Å². The Morgan fingerprint density at radius 3 is 2.16 bits per heavy atom. The lowest BCUT2D eigenvalue weighted by molar-refractivity contribution is -0.136. The van der Waals surface area contributed by atoms with Gasteiger partial charge in [-0.15, -0.1) is 0 Å². The van der Waals surface area contributed by atoms with Gasteiger partial charge >= 0.3 is 5.97 Å². The van der Waals surface area contributed by atoms with Gasteiger partial charge in [-0.1, -0.05) is 47.5 Å². The van der Waals surface area contributed by atoms with Crippen LogP contribution in [0.15, 0.2) is 54.1 Å². The van der Waals surface area contributed by atoms with Crippen LogP contribution in [0.2, 0.25) is 10.0 Å². The molecule has 0 saturated heterocycles. The molecule has 0 saturated carbocycles. The average Bonchev–Trinajstić information content (AvgIpc) is 2.57. The van der Waals surface area contributed by atoms with Gasteiger partial charge in [0, 0.05) is 15.7 Å². The normalized spacial score (nSPS) is 17.0. The highest BCUT2D eigenvalue weighted by molar-refractivity contribution is 7.80. The topological polar surface area (TPSA) is 61.4 Å². The molecule has 25 heavy (non-hydrogen) atoms. The van der Waals surface area contributed by atoms with E-state index in [0.29, 0.717) is 26.4 Å². The maximum atomic E-state index is 11.4. The van der Waals surface area contributed by atoms with Crippen LogP contribution < -0.4 is 10.6 Å². The van der Waals surface area contributed by atoms with Gasteiger partial charge in [0.15, 0.2) is 5.11 Å². The molecule has 0 amide bonds. The summed E-state index contributed by atoms with van der Waals surface area (Å²) in [6, 6.07) is 14.1. The first-order chi connectivity index (χ1) is 11.9. The third-order valence-electron chi connectivity index (χ3n) is 3.86. The fourth-order valence-corrected chi connectivity index (χ4v) is 3.23. The average molecular weight is 393 g/mol. The minimum atomic E-state index is -0.920. The zero-order valence-electron chi connectivity index (χ0n) is 12.9. The molecule has 0 aromatic heterocycles. The molecular formula is C18H14Cl2N2O2S. The molecule has 3 N–H and O–H groups in total. The summed E-state index contributed by atoms with van der Waals surface area (Å²) in [4.78, 5) is 11.4. The number of thiocarbonyl (C=S) groups is 1. The molecule has 0 spiro atoms. The molecule has 4 nitrogen and oxygen atoms in total. The molecule has 0 radical (unpaired) electrons. The Morgan fingerprint density at radius 2 is 1.60 bits per heavy atom. The van der Waals surface area contributed by atoms with Crippen molar-refractivity contribution < 1.29 is 9.90 Å². The van der Waals surface area contributed by atoms with Crippen molar-refractivity contribution in [2.45, 2.75) is 12.5 Å². The van der Waals surface area contributed by atoms with E-state index >= 15 is 0 Å². The molecule has 1 aliphatic heterocycles. The van der Waals surface area contributed by atoms with E-state index < -0.39 is 5.97 Å². The van der Waals surface area contributed by atoms with Crippen LogP contribution in [0.4, 0.5) is 0 Å². The molecule has 0 bridgehead atoms. The second-order valence-corrected chi connectivity index (χ2v) is 6.84. The van der Waals surface area contributed by atoms with Crippen molar-refractivity contribution in [3.05, 3.63) is 75.3 Å². The summed E-state index contributed by atoms with van der Waals surface area (Å²) in [5, 5.41) is 17.3. The van der Waals surface area contributed by atoms with Crippen molar-refractivity contribution in [2.24, 2.45) is 0 Å². The molecule has 1 heterocycles. The first kappa shape index (κ1) is 17.7. The Labute approximate surface area is 160 Å². The SMILES string of the molecule is O=C(O)CC1=C(c2ccc(Cl)cc2)NC(=S)NC1c1ccc(Cl)cc1. The number of benzene rings is 2. The first-order valence-electron chi connectivity index (χ1n) is 7.48. The van der Waals surface area contributed by atoms with Gasteiger partial charge in [-0.25, -0.2) is 0 Å². The van der Waals surface area contributed by atoms with Crippen LogP contribution in [0.1, 0.15) is 23.6 Å². The standard InChI is InChI=1S/C18H14Cl2N2O2S/c19-12-5-1-10(2-6-12)16-14(9-15(23)24)17(22-18(25)21-16)11-3-7-13(20)8-4-11/h1-8,16H,9H2,(H,23,24)(H2,21,22,25). The van der Waals surface area contributed by atoms with Gasteiger partial charge in [-0.3, -0.25) is 4.79 Å². The van der Waals surface area contributed by atoms with Crippen LogP contribution in [0, 0.1) is 0 Å². The maximum absolute atomic E-state index is 11.4. The zero-order chi connectivity index (χ0) is 18.0. The summed E-state index contributed by atoms with van der Waals surface area (Å²) in [5.74, 6) is -0.920. The third-order valence-corrected chi connectivity index (χ3v) is 4.59. The molecule has 7 heteroatoms. The summed E-state index contributed by atoms with van der Waals surface area (Å²) in [6.07, 6.45) is -0.131. The predicted molar refractivity (Wildman–Crippen MR) is 104 cm³/mol. The van der Waals surface area contributed by atoms with Gasteiger partial charge in [-0.05, 0) is 53.2 Å². The number of carboxylic acid groups (broad SMARTS) is 1. The number of carbonyl (C=O) groups is 1. The molecule has 128 valence electrons. The molecule has 3 rings (SSSR count). The van der Waals surface area contributed by atoms with Gasteiger partial charge in [0.25, 0.3) is 0 Å². The van der Waals surface area contributed by atoms with Crippen LogP contribution in [0.3, 0.4) is 0 Å². The van der Waals surface area contributed by atoms with E-state index in [1.807, 2.05) is 24.3 Å². The fraction of sp³-hybridized carbons (Fsp3) is 0.111. The Kier molecular flexibility index (Phi) is 5.27. The highest BCUT2D eigenvalue weighted by atomic mass is 35.5. The molecule has 2 aromatic rings. The highest BCUT2D eigenvalue weighted by Crippen LogP contribution is 2.33. The Morgan fingerprint density at radius 1 is 1.04 bits per heavy atom. The smallest absolute Gasteiger partial charge is 0.307 e. The molecule has 2 aromatic carbocycles. The maximum Gasteiger partial charge on any atom is 0.307 e.